The van der Waals surface area contributed by atoms with E-state index in [2.05, 4.69) is 5.32 Å². The average Bonchev–Trinajstić information content (AvgIpc) is 2.18. The molecule has 0 amide bonds. The molecule has 2 nitrogen and oxygen atoms in total. The summed E-state index contributed by atoms with van der Waals surface area (Å²) in [7, 11) is 1.90. The molecule has 76 valence electrons. The van der Waals surface area contributed by atoms with E-state index in [0.717, 1.165) is 12.3 Å². The first-order chi connectivity index (χ1) is 6.83. The smallest absolute Gasteiger partial charge is 0.121 e. The van der Waals surface area contributed by atoms with Crippen LogP contribution in [-0.4, -0.2) is 20.2 Å². The zero-order chi connectivity index (χ0) is 10.2. The Morgan fingerprint density at radius 1 is 1.43 bits per heavy atom. The Balaban J connectivity index is 2.31. The summed E-state index contributed by atoms with van der Waals surface area (Å²) in [4.78, 5) is 0. The fourth-order valence-corrected chi connectivity index (χ4v) is 1.15. The Hall–Kier alpha value is -0.990. The highest BCUT2D eigenvalue weighted by atomic mass is 35.5. The van der Waals surface area contributed by atoms with Crippen LogP contribution >= 0.6 is 11.6 Å². The molecule has 1 aromatic rings. The van der Waals surface area contributed by atoms with Crippen molar-refractivity contribution in [3.63, 3.8) is 0 Å². The number of rotatable bonds is 5. The molecule has 0 aliphatic heterocycles. The summed E-state index contributed by atoms with van der Waals surface area (Å²) in [6.45, 7) is 1.43. The van der Waals surface area contributed by atoms with Crippen molar-refractivity contribution in [2.45, 2.75) is 0 Å². The molecule has 3 heteroatoms. The summed E-state index contributed by atoms with van der Waals surface area (Å²) in [6, 6.07) is 7.38. The highest BCUT2D eigenvalue weighted by Crippen LogP contribution is 2.16. The van der Waals surface area contributed by atoms with Gasteiger partial charge < -0.3 is 10.1 Å². The molecule has 14 heavy (non-hydrogen) atoms. The molecule has 0 aromatic heterocycles. The summed E-state index contributed by atoms with van der Waals surface area (Å²) < 4.78 is 5.43. The first-order valence-electron chi connectivity index (χ1n) is 4.51. The van der Waals surface area contributed by atoms with E-state index in [1.165, 1.54) is 0 Å². The van der Waals surface area contributed by atoms with Gasteiger partial charge in [-0.3, -0.25) is 0 Å². The SMILES string of the molecule is CNC/C=C/COc1cccc(Cl)c1. The first kappa shape index (κ1) is 11.1. The van der Waals surface area contributed by atoms with Crippen molar-refractivity contribution in [1.82, 2.24) is 5.32 Å². The highest BCUT2D eigenvalue weighted by molar-refractivity contribution is 6.30. The van der Waals surface area contributed by atoms with Gasteiger partial charge in [-0.1, -0.05) is 29.8 Å². The number of halogens is 1. The van der Waals surface area contributed by atoms with Crippen LogP contribution in [0.4, 0.5) is 0 Å². The van der Waals surface area contributed by atoms with E-state index >= 15 is 0 Å². The quantitative estimate of drug-likeness (QED) is 0.756. The molecule has 0 saturated heterocycles. The van der Waals surface area contributed by atoms with Crippen molar-refractivity contribution in [3.05, 3.63) is 41.4 Å². The third-order valence-electron chi connectivity index (χ3n) is 1.63. The number of likely N-dealkylation sites (N-methyl/N-ethyl adjacent to an activating group) is 1. The Morgan fingerprint density at radius 3 is 3.00 bits per heavy atom. The second-order valence-corrected chi connectivity index (χ2v) is 3.23. The van der Waals surface area contributed by atoms with Gasteiger partial charge >= 0.3 is 0 Å². The number of ether oxygens (including phenoxy) is 1. The van der Waals surface area contributed by atoms with Crippen molar-refractivity contribution >= 4 is 11.6 Å². The standard InChI is InChI=1S/C11H14ClNO/c1-13-7-2-3-8-14-11-6-4-5-10(12)9-11/h2-6,9,13H,7-8H2,1H3/b3-2+. The summed E-state index contributed by atoms with van der Waals surface area (Å²) in [6.07, 6.45) is 3.99. The first-order valence-corrected chi connectivity index (χ1v) is 4.88. The van der Waals surface area contributed by atoms with Gasteiger partial charge in [-0.05, 0) is 25.2 Å². The molecule has 1 N–H and O–H groups in total. The number of nitrogens with one attached hydrogen (secondary N) is 1. The van der Waals surface area contributed by atoms with Crippen LogP contribution in [0.2, 0.25) is 5.02 Å². The lowest BCUT2D eigenvalue weighted by Gasteiger charge is -2.02. The normalized spacial score (nSPS) is 10.7. The van der Waals surface area contributed by atoms with Gasteiger partial charge in [-0.15, -0.1) is 0 Å². The second-order valence-electron chi connectivity index (χ2n) is 2.80. The molecule has 0 bridgehead atoms. The number of benzene rings is 1. The lowest BCUT2D eigenvalue weighted by molar-refractivity contribution is 0.362. The predicted octanol–water partition coefficient (Wildman–Crippen LogP) is 2.49. The van der Waals surface area contributed by atoms with Crippen LogP contribution in [0.15, 0.2) is 36.4 Å². The largest absolute Gasteiger partial charge is 0.489 e. The van der Waals surface area contributed by atoms with Crippen LogP contribution < -0.4 is 10.1 Å². The molecule has 1 aromatic carbocycles. The van der Waals surface area contributed by atoms with E-state index in [1.807, 2.05) is 37.4 Å². The molecule has 0 unspecified atom stereocenters. The lowest BCUT2D eigenvalue weighted by Crippen LogP contribution is -2.04. The molecule has 0 fully saturated rings. The maximum Gasteiger partial charge on any atom is 0.121 e. The molecule has 1 rings (SSSR count). The van der Waals surface area contributed by atoms with Crippen molar-refractivity contribution in [2.75, 3.05) is 20.2 Å². The van der Waals surface area contributed by atoms with Crippen LogP contribution in [0.5, 0.6) is 5.75 Å². The Bertz CT molecular complexity index is 299. The van der Waals surface area contributed by atoms with E-state index < -0.39 is 0 Å². The molecule has 0 aliphatic rings. The van der Waals surface area contributed by atoms with Crippen molar-refractivity contribution in [3.8, 4) is 5.75 Å². The highest BCUT2D eigenvalue weighted by Gasteiger charge is 1.91. The van der Waals surface area contributed by atoms with Crippen molar-refractivity contribution in [2.24, 2.45) is 0 Å². The predicted molar refractivity (Wildman–Crippen MR) is 60.0 cm³/mol. The monoisotopic (exact) mass is 211 g/mol. The van der Waals surface area contributed by atoms with Crippen LogP contribution in [0, 0.1) is 0 Å². The summed E-state index contributed by atoms with van der Waals surface area (Å²) >= 11 is 5.80. The van der Waals surface area contributed by atoms with Crippen LogP contribution in [0.3, 0.4) is 0 Å². The topological polar surface area (TPSA) is 21.3 Å². The zero-order valence-electron chi connectivity index (χ0n) is 8.16. The summed E-state index contributed by atoms with van der Waals surface area (Å²) in [5.74, 6) is 0.798. The van der Waals surface area contributed by atoms with Gasteiger partial charge in [0.05, 0.1) is 0 Å². The summed E-state index contributed by atoms with van der Waals surface area (Å²) in [5, 5.41) is 3.71. The zero-order valence-corrected chi connectivity index (χ0v) is 8.92. The third-order valence-corrected chi connectivity index (χ3v) is 1.87. The van der Waals surface area contributed by atoms with E-state index in [9.17, 15) is 0 Å². The van der Waals surface area contributed by atoms with Crippen molar-refractivity contribution < 1.29 is 4.74 Å². The maximum absolute atomic E-state index is 5.80. The average molecular weight is 212 g/mol. The second kappa shape index (κ2) is 6.46. The Labute approximate surface area is 89.5 Å². The van der Waals surface area contributed by atoms with E-state index in [0.29, 0.717) is 11.6 Å². The van der Waals surface area contributed by atoms with E-state index in [4.69, 9.17) is 16.3 Å². The van der Waals surface area contributed by atoms with Gasteiger partial charge in [0, 0.05) is 11.6 Å². The molecular weight excluding hydrogens is 198 g/mol. The minimum absolute atomic E-state index is 0.571. The van der Waals surface area contributed by atoms with Crippen molar-refractivity contribution in [1.29, 1.82) is 0 Å². The molecule has 0 aliphatic carbocycles. The fraction of sp³-hybridized carbons (Fsp3) is 0.273. The lowest BCUT2D eigenvalue weighted by atomic mass is 10.3. The van der Waals surface area contributed by atoms with Gasteiger partial charge in [0.1, 0.15) is 12.4 Å². The Morgan fingerprint density at radius 2 is 2.29 bits per heavy atom. The van der Waals surface area contributed by atoms with Gasteiger partial charge in [0.2, 0.25) is 0 Å². The van der Waals surface area contributed by atoms with Gasteiger partial charge in [-0.25, -0.2) is 0 Å². The minimum Gasteiger partial charge on any atom is -0.489 e. The van der Waals surface area contributed by atoms with Gasteiger partial charge in [0.25, 0.3) is 0 Å². The molecule has 0 saturated carbocycles. The molecular formula is C11H14ClNO. The van der Waals surface area contributed by atoms with Gasteiger partial charge in [-0.2, -0.15) is 0 Å². The number of hydrogen-bond acceptors (Lipinski definition) is 2. The molecule has 0 atom stereocenters. The van der Waals surface area contributed by atoms with Crippen LogP contribution in [0.1, 0.15) is 0 Å². The Kier molecular flexibility index (Phi) is 5.12. The molecule has 0 heterocycles. The molecule has 0 spiro atoms. The van der Waals surface area contributed by atoms with E-state index in [1.54, 1.807) is 6.07 Å². The third kappa shape index (κ3) is 4.30. The minimum atomic E-state index is 0.571. The fourth-order valence-electron chi connectivity index (χ4n) is 0.970. The molecule has 0 radical (unpaired) electrons. The maximum atomic E-state index is 5.80. The summed E-state index contributed by atoms with van der Waals surface area (Å²) in [5.41, 5.74) is 0. The van der Waals surface area contributed by atoms with E-state index in [-0.39, 0.29) is 0 Å². The van der Waals surface area contributed by atoms with Crippen LogP contribution in [0.25, 0.3) is 0 Å². The van der Waals surface area contributed by atoms with Gasteiger partial charge in [0.15, 0.2) is 0 Å². The van der Waals surface area contributed by atoms with Crippen LogP contribution in [-0.2, 0) is 0 Å². The number of hydrogen-bond donors (Lipinski definition) is 1.